The van der Waals surface area contributed by atoms with E-state index in [0.29, 0.717) is 51.3 Å². The first-order chi connectivity index (χ1) is 29.1. The lowest BCUT2D eigenvalue weighted by molar-refractivity contribution is -0.139. The fourth-order valence-electron chi connectivity index (χ4n) is 7.73. The van der Waals surface area contributed by atoms with Crippen LogP contribution in [0.25, 0.3) is 29.9 Å². The largest absolute Gasteiger partial charge is 0.466 e. The molecule has 62 heavy (non-hydrogen) atoms. The highest BCUT2D eigenvalue weighted by Crippen LogP contribution is 2.51. The van der Waals surface area contributed by atoms with Crippen LogP contribution in [0.3, 0.4) is 0 Å². The molecule has 2 atom stereocenters. The molecule has 2 unspecified atom stereocenters. The van der Waals surface area contributed by atoms with Crippen molar-refractivity contribution >= 4 is 84.4 Å². The summed E-state index contributed by atoms with van der Waals surface area (Å²) in [6, 6.07) is 12.7. The Morgan fingerprint density at radius 3 is 1.47 bits per heavy atom. The second-order valence-corrected chi connectivity index (χ2v) is 15.8. The van der Waals surface area contributed by atoms with Gasteiger partial charge in [-0.3, -0.25) is 4.79 Å². The number of ether oxygens (including phenoxy) is 4. The highest BCUT2D eigenvalue weighted by molar-refractivity contribution is 7.18. The van der Waals surface area contributed by atoms with Gasteiger partial charge in [-0.15, -0.1) is 0 Å². The molecule has 4 aromatic rings. The summed E-state index contributed by atoms with van der Waals surface area (Å²) in [7, 11) is 5.05. The third-order valence-electron chi connectivity index (χ3n) is 10.7. The lowest BCUT2D eigenvalue weighted by Crippen LogP contribution is -2.34. The van der Waals surface area contributed by atoms with Crippen molar-refractivity contribution < 1.29 is 42.9 Å². The smallest absolute Gasteiger partial charge is 0.337 e. The van der Waals surface area contributed by atoms with Gasteiger partial charge < -0.3 is 29.6 Å². The molecule has 0 amide bonds. The third-order valence-corrected chi connectivity index (χ3v) is 12.8. The molecule has 2 saturated carbocycles. The molecule has 4 heterocycles. The van der Waals surface area contributed by atoms with E-state index in [1.807, 2.05) is 22.9 Å². The van der Waals surface area contributed by atoms with E-state index in [9.17, 15) is 29.2 Å². The maximum Gasteiger partial charge on any atom is 0.337 e. The molecule has 0 bridgehead atoms. The number of allylic oxidation sites excluding steroid dienone is 4. The molecule has 0 saturated heterocycles. The van der Waals surface area contributed by atoms with Crippen LogP contribution in [0.1, 0.15) is 63.5 Å². The number of esters is 4. The fraction of sp³-hybridized carbons (Fsp3) is 0.304. The molecule has 2 aliphatic heterocycles. The van der Waals surface area contributed by atoms with Crippen LogP contribution in [0.15, 0.2) is 92.2 Å². The van der Waals surface area contributed by atoms with Gasteiger partial charge in [0, 0.05) is 20.8 Å². The monoisotopic (exact) mass is 873 g/mol. The molecule has 16 heteroatoms. The van der Waals surface area contributed by atoms with E-state index in [-0.39, 0.29) is 49.2 Å². The van der Waals surface area contributed by atoms with Gasteiger partial charge in [0.25, 0.3) is 0 Å². The number of carbonyl (C=O) groups is 5. The first kappa shape index (κ1) is 46.0. The SMILES string of the molecule is C.C.[C-]#[N+]c1cccc2c(C3C(C(=O)OC)=C(C#N)NC(C4CC4)=C3C(=O)OC)csc12.[C-]#[N+]c1cccc2c(C3C(C(=O)OC)=C(C=O)NC(C4CC4)=C3C(=O)OC)csc12. The van der Waals surface area contributed by atoms with Crippen molar-refractivity contribution in [2.45, 2.75) is 52.4 Å². The Morgan fingerprint density at radius 1 is 0.677 bits per heavy atom. The first-order valence-corrected chi connectivity index (χ1v) is 20.3. The van der Waals surface area contributed by atoms with Crippen molar-refractivity contribution in [3.63, 3.8) is 0 Å². The molecular weight excluding hydrogens is 831 g/mol. The average Bonchev–Trinajstić information content (AvgIpc) is 4.23. The average molecular weight is 874 g/mol. The Morgan fingerprint density at radius 2 is 1.08 bits per heavy atom. The predicted octanol–water partition coefficient (Wildman–Crippen LogP) is 8.80. The van der Waals surface area contributed by atoms with Crippen LogP contribution in [0, 0.1) is 36.3 Å². The number of dihydropyridines is 2. The summed E-state index contributed by atoms with van der Waals surface area (Å²) in [5.41, 5.74) is 4.46. The summed E-state index contributed by atoms with van der Waals surface area (Å²) in [5.74, 6) is -3.99. The number of benzene rings is 2. The molecule has 0 spiro atoms. The molecule has 0 radical (unpaired) electrons. The third kappa shape index (κ3) is 8.08. The van der Waals surface area contributed by atoms with Gasteiger partial charge in [0.1, 0.15) is 11.8 Å². The molecule has 2 N–H and O–H groups in total. The van der Waals surface area contributed by atoms with Crippen LogP contribution in [0.4, 0.5) is 11.4 Å². The van der Waals surface area contributed by atoms with E-state index in [1.165, 1.54) is 51.1 Å². The van der Waals surface area contributed by atoms with Gasteiger partial charge in [0.2, 0.25) is 11.4 Å². The molecule has 2 aromatic heterocycles. The Hall–Kier alpha value is -7.06. The van der Waals surface area contributed by atoms with Gasteiger partial charge in [-0.2, -0.15) is 27.9 Å². The predicted molar refractivity (Wildman–Crippen MR) is 235 cm³/mol. The van der Waals surface area contributed by atoms with Crippen molar-refractivity contribution in [1.82, 2.24) is 10.6 Å². The molecule has 2 aromatic carbocycles. The normalized spacial score (nSPS) is 18.0. The van der Waals surface area contributed by atoms with Crippen LogP contribution >= 0.6 is 22.7 Å². The second kappa shape index (κ2) is 19.1. The molecule has 2 fully saturated rings. The van der Waals surface area contributed by atoms with E-state index in [0.717, 1.165) is 45.9 Å². The van der Waals surface area contributed by atoms with Crippen LogP contribution in [-0.2, 0) is 42.9 Å². The number of nitriles is 1. The number of nitrogens with zero attached hydrogens (tertiary/aromatic N) is 3. The summed E-state index contributed by atoms with van der Waals surface area (Å²) in [5, 5.41) is 21.0. The van der Waals surface area contributed by atoms with Gasteiger partial charge >= 0.3 is 23.9 Å². The maximum atomic E-state index is 12.9. The van der Waals surface area contributed by atoms with E-state index < -0.39 is 35.7 Å². The molecule has 318 valence electrons. The van der Waals surface area contributed by atoms with Crippen molar-refractivity contribution in [2.24, 2.45) is 11.8 Å². The number of thiophene rings is 2. The van der Waals surface area contributed by atoms with Crippen molar-refractivity contribution in [2.75, 3.05) is 28.4 Å². The minimum absolute atomic E-state index is 0. The van der Waals surface area contributed by atoms with E-state index >= 15 is 0 Å². The van der Waals surface area contributed by atoms with Crippen LogP contribution < -0.4 is 10.6 Å². The van der Waals surface area contributed by atoms with Crippen LogP contribution in [0.5, 0.6) is 0 Å². The molecule has 4 aliphatic rings. The van der Waals surface area contributed by atoms with E-state index in [4.69, 9.17) is 32.1 Å². The lowest BCUT2D eigenvalue weighted by Gasteiger charge is -2.30. The zero-order chi connectivity index (χ0) is 42.8. The van der Waals surface area contributed by atoms with Gasteiger partial charge in [-0.25, -0.2) is 28.9 Å². The van der Waals surface area contributed by atoms with Gasteiger partial charge in [-0.1, -0.05) is 51.3 Å². The summed E-state index contributed by atoms with van der Waals surface area (Å²) in [4.78, 5) is 70.3. The number of methoxy groups -OCH3 is 4. The van der Waals surface area contributed by atoms with Gasteiger partial charge in [0.05, 0.1) is 81.4 Å². The number of fused-ring (bicyclic) bond motifs is 2. The number of rotatable bonds is 9. The van der Waals surface area contributed by atoms with Gasteiger partial charge in [-0.05, 0) is 70.2 Å². The summed E-state index contributed by atoms with van der Waals surface area (Å²) >= 11 is 2.73. The molecule has 14 nitrogen and oxygen atoms in total. The maximum absolute atomic E-state index is 12.9. The van der Waals surface area contributed by atoms with Crippen LogP contribution in [0.2, 0.25) is 0 Å². The summed E-state index contributed by atoms with van der Waals surface area (Å²) in [6.07, 6.45) is 4.10. The fourth-order valence-corrected chi connectivity index (χ4v) is 9.84. The van der Waals surface area contributed by atoms with Crippen molar-refractivity contribution in [3.8, 4) is 6.07 Å². The Labute approximate surface area is 366 Å². The van der Waals surface area contributed by atoms with Crippen molar-refractivity contribution in [3.05, 3.63) is 126 Å². The number of hydrogen-bond donors (Lipinski definition) is 2. The Balaban J connectivity index is 0.000000227. The number of aldehydes is 1. The Kier molecular flexibility index (Phi) is 14.2. The van der Waals surface area contributed by atoms with Crippen molar-refractivity contribution in [1.29, 1.82) is 5.26 Å². The van der Waals surface area contributed by atoms with E-state index in [2.05, 4.69) is 26.4 Å². The number of hydrogen-bond acceptors (Lipinski definition) is 14. The summed E-state index contributed by atoms with van der Waals surface area (Å²) in [6.45, 7) is 14.8. The highest BCUT2D eigenvalue weighted by atomic mass is 32.1. The molecule has 2 aliphatic carbocycles. The quantitative estimate of drug-likeness (QED) is 0.0708. The lowest BCUT2D eigenvalue weighted by atomic mass is 9.79. The van der Waals surface area contributed by atoms with Crippen LogP contribution in [-0.4, -0.2) is 58.6 Å². The minimum atomic E-state index is -0.836. The minimum Gasteiger partial charge on any atom is -0.466 e. The standard InChI is InChI=1S/C22H17N3O4S.C22H18N2O5S.2CH4/c1-24-14-6-4-5-12-13(10-30-20(12)14)16-17(21(26)28-2)15(9-23)25-19(11-7-8-11)18(16)22(27)29-3;1-23-14-6-4-5-12-13(10-30-20(12)14)16-17(21(26)28-2)15(9-25)24-19(11-7-8-11)18(16)22(27)29-3;;/h4-6,10-11,16,25H,7-8H2,2-3H3;4-6,9-11,16,24H,7-8H2,2-3H3;2*1H4. The second-order valence-electron chi connectivity index (χ2n) is 14.0. The molecule has 8 rings (SSSR count). The topological polar surface area (TPSA) is 179 Å². The summed E-state index contributed by atoms with van der Waals surface area (Å²) < 4.78 is 21.6. The van der Waals surface area contributed by atoms with Gasteiger partial charge in [0.15, 0.2) is 6.29 Å². The number of nitrogens with one attached hydrogen (secondary N) is 2. The Bertz CT molecular complexity index is 2780. The highest BCUT2D eigenvalue weighted by Gasteiger charge is 2.46. The molecular formula is C46H43N5O9S2. The van der Waals surface area contributed by atoms with E-state index in [1.54, 1.807) is 24.3 Å². The number of carbonyl (C=O) groups excluding carboxylic acids is 5. The zero-order valence-corrected chi connectivity index (χ0v) is 34.3. The zero-order valence-electron chi connectivity index (χ0n) is 32.7. The first-order valence-electron chi connectivity index (χ1n) is 18.5.